The molecule has 0 aliphatic carbocycles. The lowest BCUT2D eigenvalue weighted by atomic mass is 9.89. The van der Waals surface area contributed by atoms with Gasteiger partial charge in [0.1, 0.15) is 18.1 Å². The van der Waals surface area contributed by atoms with Gasteiger partial charge in [-0.25, -0.2) is 18.9 Å². The highest BCUT2D eigenvalue weighted by Gasteiger charge is 2.41. The molecule has 0 radical (unpaired) electrons. The van der Waals surface area contributed by atoms with Crippen LogP contribution in [0.25, 0.3) is 21.5 Å². The number of imide groups is 1. The highest BCUT2D eigenvalue weighted by Crippen LogP contribution is 2.51. The van der Waals surface area contributed by atoms with E-state index in [0.717, 1.165) is 39.9 Å². The predicted octanol–water partition coefficient (Wildman–Crippen LogP) is 10.00. The number of likely N-dealkylation sites (N-methyl/N-ethyl adjacent to an activating group) is 2. The molecule has 0 spiro atoms. The average Bonchev–Trinajstić information content (AvgIpc) is 1.61. The normalized spacial score (nSPS) is 16.2. The number of ether oxygens (including phenoxy) is 8. The van der Waals surface area contributed by atoms with E-state index in [9.17, 15) is 57.4 Å². The highest BCUT2D eigenvalue weighted by atomic mass is 35.5. The average molecular weight is 1660 g/mol. The molecule has 3 aliphatic heterocycles. The number of fused-ring (bicyclic) bond motifs is 6. The maximum Gasteiger partial charge on any atom is 0.415 e. The van der Waals surface area contributed by atoms with Gasteiger partial charge >= 0.3 is 25.8 Å². The SMILES string of the molecule is CSC1CC(=O)N(CCOCCOCCOCCOCCOCCOCCC(=O)NC(C(=O)CC(CCCNC(N)=O)C(=O)Nc2ccc(COC(=O)N(C)CCN(C)C(=O)Oc3cc4c(c5ccccc35)C(CCl)CN4C(=O)c3ccc(C(=O)N4CC(CCl)c5c4cc(OP(C)(=O)O)c4ccccc54)s3)cc2)C(C)C)C1=O. The second-order valence-corrected chi connectivity index (χ2v) is 32.1. The summed E-state index contributed by atoms with van der Waals surface area (Å²) in [5, 5.41) is 10.5. The van der Waals surface area contributed by atoms with Crippen LogP contribution < -0.4 is 40.7 Å². The molecule has 10 amide bonds. The van der Waals surface area contributed by atoms with Gasteiger partial charge in [0.25, 0.3) is 11.8 Å². The van der Waals surface area contributed by atoms with Gasteiger partial charge in [0.05, 0.1) is 118 Å². The molecular weight excluding hydrogens is 1560 g/mol. The summed E-state index contributed by atoms with van der Waals surface area (Å²) < 4.78 is 63.0. The van der Waals surface area contributed by atoms with Crippen molar-refractivity contribution in [1.82, 2.24) is 25.3 Å². The summed E-state index contributed by atoms with van der Waals surface area (Å²) in [6.07, 6.45) is 0.858. The lowest BCUT2D eigenvalue weighted by molar-refractivity contribution is -0.139. The predicted molar refractivity (Wildman–Crippen MR) is 430 cm³/mol. The van der Waals surface area contributed by atoms with Gasteiger partial charge in [-0.3, -0.25) is 38.5 Å². The van der Waals surface area contributed by atoms with E-state index in [1.807, 2.05) is 30.5 Å². The Labute approximate surface area is 674 Å². The van der Waals surface area contributed by atoms with Gasteiger partial charge in [0, 0.05) is 131 Å². The minimum absolute atomic E-state index is 0.0235. The third-order valence-electron chi connectivity index (χ3n) is 19.0. The number of primary amides is 1. The van der Waals surface area contributed by atoms with Gasteiger partial charge in [0.15, 0.2) is 5.78 Å². The Morgan fingerprint density at radius 3 is 1.67 bits per heavy atom. The van der Waals surface area contributed by atoms with Crippen LogP contribution in [0.15, 0.2) is 97.1 Å². The summed E-state index contributed by atoms with van der Waals surface area (Å²) in [6, 6.07) is 25.8. The summed E-state index contributed by atoms with van der Waals surface area (Å²) in [6.45, 7) is 8.96. The first-order valence-corrected chi connectivity index (χ1v) is 42.3. The summed E-state index contributed by atoms with van der Waals surface area (Å²) in [5.41, 5.74) is 8.79. The van der Waals surface area contributed by atoms with Gasteiger partial charge in [-0.1, -0.05) is 74.5 Å². The van der Waals surface area contributed by atoms with Crippen LogP contribution >= 0.6 is 53.9 Å². The number of anilines is 3. The van der Waals surface area contributed by atoms with Gasteiger partial charge in [-0.15, -0.1) is 34.5 Å². The minimum atomic E-state index is -4.01. The molecule has 5 aromatic carbocycles. The molecule has 6 N–H and O–H groups in total. The van der Waals surface area contributed by atoms with E-state index in [2.05, 4.69) is 16.0 Å². The lowest BCUT2D eigenvalue weighted by Crippen LogP contribution is -2.45. The molecule has 113 heavy (non-hydrogen) atoms. The molecule has 9 rings (SSSR count). The molecule has 612 valence electrons. The second kappa shape index (κ2) is 43.3. The number of thiophene rings is 1. The molecule has 4 heterocycles. The Morgan fingerprint density at radius 2 is 1.18 bits per heavy atom. The fraction of sp³-hybridized carbons (Fsp3) is 0.487. The zero-order chi connectivity index (χ0) is 81.3. The van der Waals surface area contributed by atoms with Crippen LogP contribution in [-0.4, -0.2) is 248 Å². The number of hydrogen-bond acceptors (Lipinski definition) is 22. The number of carbonyl (C=O) groups is 10. The van der Waals surface area contributed by atoms with Crippen molar-refractivity contribution in [2.45, 2.75) is 75.7 Å². The van der Waals surface area contributed by atoms with Crippen LogP contribution in [0.5, 0.6) is 11.5 Å². The van der Waals surface area contributed by atoms with Crippen molar-refractivity contribution in [1.29, 1.82) is 0 Å². The second-order valence-electron chi connectivity index (χ2n) is 27.6. The number of likely N-dealkylation sites (tertiary alicyclic amines) is 1. The number of nitrogens with one attached hydrogen (secondary N) is 3. The molecule has 1 saturated heterocycles. The van der Waals surface area contributed by atoms with Crippen molar-refractivity contribution in [2.75, 3.05) is 172 Å². The van der Waals surface area contributed by atoms with Crippen LogP contribution in [-0.2, 0) is 68.3 Å². The van der Waals surface area contributed by atoms with E-state index in [-0.39, 0.29) is 172 Å². The molecule has 3 aliphatic rings. The largest absolute Gasteiger partial charge is 0.445 e. The smallest absolute Gasteiger partial charge is 0.415 e. The van der Waals surface area contributed by atoms with Crippen molar-refractivity contribution in [3.05, 3.63) is 124 Å². The number of halogens is 2. The highest BCUT2D eigenvalue weighted by molar-refractivity contribution is 8.00. The Balaban J connectivity index is 0.681. The molecule has 6 unspecified atom stereocenters. The maximum absolute atomic E-state index is 14.7. The molecule has 1 fully saturated rings. The molecule has 35 heteroatoms. The third kappa shape index (κ3) is 24.8. The summed E-state index contributed by atoms with van der Waals surface area (Å²) >= 11 is 15.5. The molecule has 0 saturated carbocycles. The molecule has 6 aromatic rings. The fourth-order valence-electron chi connectivity index (χ4n) is 13.2. The number of alkyl halides is 2. The van der Waals surface area contributed by atoms with Crippen molar-refractivity contribution in [3.8, 4) is 11.5 Å². The van der Waals surface area contributed by atoms with Crippen LogP contribution in [0, 0.1) is 11.8 Å². The first kappa shape index (κ1) is 88.4. The first-order valence-electron chi connectivity index (χ1n) is 37.1. The molecule has 30 nitrogen and oxygen atoms in total. The Morgan fingerprint density at radius 1 is 0.681 bits per heavy atom. The van der Waals surface area contributed by atoms with Crippen LogP contribution in [0.2, 0.25) is 0 Å². The zero-order valence-electron chi connectivity index (χ0n) is 64.0. The number of urea groups is 1. The molecular formula is C78H98Cl2N9O21PS2. The molecule has 1 aromatic heterocycles. The quantitative estimate of drug-likeness (QED) is 0.0103. The lowest BCUT2D eigenvalue weighted by Gasteiger charge is -2.24. The topological polar surface area (TPSA) is 369 Å². The summed E-state index contributed by atoms with van der Waals surface area (Å²) in [5.74, 6) is -3.51. The number of nitrogens with zero attached hydrogens (tertiary/aromatic N) is 5. The van der Waals surface area contributed by atoms with Crippen LogP contribution in [0.4, 0.5) is 31.4 Å². The maximum atomic E-state index is 14.7. The van der Waals surface area contributed by atoms with E-state index >= 15 is 0 Å². The van der Waals surface area contributed by atoms with Crippen LogP contribution in [0.1, 0.15) is 93.8 Å². The minimum Gasteiger partial charge on any atom is -0.445 e. The number of hydrogen-bond donors (Lipinski definition) is 5. The number of rotatable bonds is 45. The number of amides is 10. The van der Waals surface area contributed by atoms with Gasteiger partial charge in [-0.2, -0.15) is 11.8 Å². The van der Waals surface area contributed by atoms with Crippen molar-refractivity contribution < 1.29 is 99.8 Å². The number of ketones is 1. The number of thioether (sulfide) groups is 1. The zero-order valence-corrected chi connectivity index (χ0v) is 68.1. The fourth-order valence-corrected chi connectivity index (χ4v) is 15.8. The third-order valence-corrected chi connectivity index (χ3v) is 22.3. The van der Waals surface area contributed by atoms with E-state index in [1.54, 1.807) is 96.4 Å². The van der Waals surface area contributed by atoms with Crippen LogP contribution in [0.3, 0.4) is 0 Å². The van der Waals surface area contributed by atoms with E-state index in [4.69, 9.17) is 71.4 Å². The van der Waals surface area contributed by atoms with Gasteiger partial charge in [0.2, 0.25) is 23.6 Å². The first-order chi connectivity index (χ1) is 54.3. The Bertz CT molecular complexity index is 4380. The number of Topliss-reactive ketones (excluding diaryl/α,β-unsaturated/α-hetero) is 1. The van der Waals surface area contributed by atoms with Gasteiger partial charge < -0.3 is 88.6 Å². The van der Waals surface area contributed by atoms with E-state index < -0.39 is 61.4 Å². The summed E-state index contributed by atoms with van der Waals surface area (Å²) in [7, 11) is -0.987. The molecule has 6 atom stereocenters. The van der Waals surface area contributed by atoms with Crippen molar-refractivity contribution in [3.63, 3.8) is 0 Å². The standard InChI is InChI=1S/C78H98Cl2N9O21PS2/c1-49(2)71(84-67(91)23-28-102-30-32-104-34-36-106-38-39-107-37-35-105-33-31-103-29-27-87-68(92)43-66(112-6)75(87)96)61(90)40-51(12-11-24-82-76(81)97)72(93)83-54-19-17-50(18-20-54)48-108-77(98)85(3)25-26-86(4)78(99)109-62-41-59-69(57-15-9-7-13-55(57)62)52(44-79)46-88(59)73(94)64-21-22-65(113-64)74(95)89-47-53(45-80)70-58-16-10-8-14-56(58)63(42-60(70)89)110-111(5,100)101/h7-10,13-22,41-42,49,51-53,66,71H,11-12,23-40,43-48H2,1-6H3,(H,83,93)(H,84,91)(H,100,101)(H3,81,82,97). The Kier molecular flexibility index (Phi) is 33.9. The number of benzene rings is 5. The Hall–Kier alpha value is -8.50. The van der Waals surface area contributed by atoms with Gasteiger partial charge in [-0.05, 0) is 76.7 Å². The number of nitrogens with two attached hydrogens (primary N) is 1. The van der Waals surface area contributed by atoms with E-state index in [0.29, 0.717) is 92.7 Å². The summed E-state index contributed by atoms with van der Waals surface area (Å²) in [4.78, 5) is 151. The molecule has 0 bridgehead atoms. The van der Waals surface area contributed by atoms with Crippen molar-refractivity contribution in [2.24, 2.45) is 17.6 Å². The number of carbonyl (C=O) groups excluding carboxylic acids is 10. The monoisotopic (exact) mass is 1660 g/mol. The van der Waals surface area contributed by atoms with Crippen molar-refractivity contribution >= 4 is 152 Å². The van der Waals surface area contributed by atoms with E-state index in [1.165, 1.54) is 40.6 Å².